The number of ether oxygens (including phenoxy) is 2. The number of imidazole rings is 1. The van der Waals surface area contributed by atoms with Crippen molar-refractivity contribution in [1.82, 2.24) is 24.6 Å². The van der Waals surface area contributed by atoms with Crippen LogP contribution in [-0.2, 0) is 23.4 Å². The summed E-state index contributed by atoms with van der Waals surface area (Å²) in [6.45, 7) is 5.80. The number of esters is 1. The van der Waals surface area contributed by atoms with E-state index in [1.54, 1.807) is 48.7 Å². The Bertz CT molecular complexity index is 1420. The number of rotatable bonds is 10. The topological polar surface area (TPSA) is 173 Å². The number of nitrogens with one attached hydrogen (secondary N) is 1. The van der Waals surface area contributed by atoms with E-state index in [1.807, 2.05) is 0 Å². The Balaban J connectivity index is 1.58. The molecule has 14 heteroatoms. The molecule has 1 aliphatic heterocycles. The smallest absolute Gasteiger partial charge is 0.459 e. The van der Waals surface area contributed by atoms with Crippen LogP contribution in [-0.4, -0.2) is 60.5 Å². The van der Waals surface area contributed by atoms with Crippen molar-refractivity contribution < 1.29 is 33.0 Å². The van der Waals surface area contributed by atoms with Gasteiger partial charge in [-0.05, 0) is 39.8 Å². The minimum atomic E-state index is -4.31. The van der Waals surface area contributed by atoms with E-state index < -0.39 is 49.9 Å². The number of fused-ring (bicyclic) bond motifs is 1. The van der Waals surface area contributed by atoms with E-state index in [-0.39, 0.29) is 18.0 Å². The fourth-order valence-electron chi connectivity index (χ4n) is 3.94. The Morgan fingerprint density at radius 2 is 2.08 bits per heavy atom. The Labute approximate surface area is 225 Å². The second kappa shape index (κ2) is 10.9. The lowest BCUT2D eigenvalue weighted by molar-refractivity contribution is -0.153. The lowest BCUT2D eigenvalue weighted by Crippen LogP contribution is -2.49. The van der Waals surface area contributed by atoms with Gasteiger partial charge in [-0.1, -0.05) is 24.1 Å². The van der Waals surface area contributed by atoms with Gasteiger partial charge in [-0.2, -0.15) is 5.09 Å². The lowest BCUT2D eigenvalue weighted by Gasteiger charge is -2.32. The van der Waals surface area contributed by atoms with Gasteiger partial charge in [0.25, 0.3) is 0 Å². The van der Waals surface area contributed by atoms with Crippen LogP contribution in [0.25, 0.3) is 11.2 Å². The van der Waals surface area contributed by atoms with Crippen molar-refractivity contribution in [1.29, 1.82) is 0 Å². The molecule has 4 N–H and O–H groups in total. The number of hydrogen-bond acceptors (Lipinski definition) is 11. The quantitative estimate of drug-likeness (QED) is 0.189. The Morgan fingerprint density at radius 3 is 2.74 bits per heavy atom. The highest BCUT2D eigenvalue weighted by Gasteiger charge is 2.51. The average Bonchev–Trinajstić information content (AvgIpc) is 3.45. The van der Waals surface area contributed by atoms with Crippen LogP contribution in [0.4, 0.5) is 5.82 Å². The molecule has 13 nitrogen and oxygen atoms in total. The maximum absolute atomic E-state index is 14.0. The van der Waals surface area contributed by atoms with E-state index in [4.69, 9.17) is 30.7 Å². The normalized spacial score (nSPS) is 22.9. The monoisotopic (exact) mass is 558 g/mol. The molecule has 1 saturated heterocycles. The molecule has 4 atom stereocenters. The summed E-state index contributed by atoms with van der Waals surface area (Å²) in [5, 5.41) is 13.6. The number of terminal acetylenes is 1. The number of para-hydroxylation sites is 1. The predicted molar refractivity (Wildman–Crippen MR) is 141 cm³/mol. The largest absolute Gasteiger partial charge is 0.462 e. The summed E-state index contributed by atoms with van der Waals surface area (Å²) in [6, 6.07) is 8.26. The fourth-order valence-corrected chi connectivity index (χ4v) is 5.64. The van der Waals surface area contributed by atoms with Crippen LogP contribution < -0.4 is 15.3 Å². The minimum Gasteiger partial charge on any atom is -0.462 e. The summed E-state index contributed by atoms with van der Waals surface area (Å²) < 4.78 is 38.4. The number of nitrogens with two attached hydrogens (primary N) is 1. The molecule has 2 aromatic heterocycles. The summed E-state index contributed by atoms with van der Waals surface area (Å²) in [6.07, 6.45) is 6.17. The number of anilines is 1. The van der Waals surface area contributed by atoms with Crippen molar-refractivity contribution in [3.05, 3.63) is 43.0 Å². The molecule has 0 saturated carbocycles. The van der Waals surface area contributed by atoms with Gasteiger partial charge >= 0.3 is 13.7 Å². The van der Waals surface area contributed by atoms with Crippen molar-refractivity contribution in [3.63, 3.8) is 0 Å². The Kier molecular flexibility index (Phi) is 7.97. The standard InChI is InChI=1S/C25H31N6O7P/c1-6-25(18(32)12-19(37-25)31-15-29-20-21(26)27-14-28-22(20)31)13-35-39(34,38-17-10-8-7-9-11-17)30-24(4,5)23(33)36-16(2)3/h1,7-11,14-16,18-19,32H,12-13H2,2-5H3,(H,30,34)(H2,26,27,28)/t18-,19+,25+,39?/m0/s1. The molecule has 1 fully saturated rings. The summed E-state index contributed by atoms with van der Waals surface area (Å²) in [4.78, 5) is 25.0. The maximum atomic E-state index is 14.0. The third-order valence-corrected chi connectivity index (χ3v) is 7.69. The van der Waals surface area contributed by atoms with Gasteiger partial charge in [0, 0.05) is 6.42 Å². The number of aliphatic hydroxyl groups is 1. The van der Waals surface area contributed by atoms with Crippen LogP contribution >= 0.6 is 7.75 Å². The van der Waals surface area contributed by atoms with Crippen LogP contribution in [0.1, 0.15) is 40.3 Å². The molecule has 3 heterocycles. The average molecular weight is 559 g/mol. The van der Waals surface area contributed by atoms with Crippen LogP contribution in [0.2, 0.25) is 0 Å². The number of aliphatic hydroxyl groups excluding tert-OH is 1. The molecule has 0 radical (unpaired) electrons. The van der Waals surface area contributed by atoms with Crippen LogP contribution in [0.5, 0.6) is 5.75 Å². The molecule has 0 spiro atoms. The molecule has 0 bridgehead atoms. The van der Waals surface area contributed by atoms with Crippen LogP contribution in [0, 0.1) is 12.3 Å². The van der Waals surface area contributed by atoms with E-state index in [0.717, 1.165) is 0 Å². The molecule has 4 rings (SSSR count). The number of carbonyl (C=O) groups is 1. The van der Waals surface area contributed by atoms with Crippen molar-refractivity contribution in [3.8, 4) is 18.1 Å². The molecule has 1 aliphatic rings. The number of nitrogens with zero attached hydrogens (tertiary/aromatic N) is 4. The summed E-state index contributed by atoms with van der Waals surface area (Å²) in [7, 11) is -4.31. The van der Waals surface area contributed by atoms with Gasteiger partial charge in [0.15, 0.2) is 17.1 Å². The zero-order valence-corrected chi connectivity index (χ0v) is 22.9. The number of nitrogen functional groups attached to an aromatic ring is 1. The van der Waals surface area contributed by atoms with E-state index >= 15 is 0 Å². The van der Waals surface area contributed by atoms with Gasteiger partial charge < -0.3 is 24.8 Å². The predicted octanol–water partition coefficient (Wildman–Crippen LogP) is 2.58. The van der Waals surface area contributed by atoms with Gasteiger partial charge in [-0.3, -0.25) is 13.9 Å². The number of aromatic nitrogens is 4. The highest BCUT2D eigenvalue weighted by atomic mass is 31.2. The molecule has 1 unspecified atom stereocenters. The van der Waals surface area contributed by atoms with Crippen molar-refractivity contribution >= 4 is 30.7 Å². The molecular formula is C25H31N6O7P. The van der Waals surface area contributed by atoms with Gasteiger partial charge in [0.05, 0.1) is 12.4 Å². The minimum absolute atomic E-state index is 0.0480. The third kappa shape index (κ3) is 6.06. The first kappa shape index (κ1) is 28.5. The maximum Gasteiger partial charge on any atom is 0.459 e. The molecule has 3 aromatic rings. The highest BCUT2D eigenvalue weighted by molar-refractivity contribution is 7.52. The van der Waals surface area contributed by atoms with E-state index in [2.05, 4.69) is 26.0 Å². The van der Waals surface area contributed by atoms with Crippen molar-refractivity contribution in [2.24, 2.45) is 0 Å². The third-order valence-electron chi connectivity index (χ3n) is 5.94. The first-order valence-electron chi connectivity index (χ1n) is 12.1. The molecule has 39 heavy (non-hydrogen) atoms. The molecule has 208 valence electrons. The van der Waals surface area contributed by atoms with E-state index in [0.29, 0.717) is 11.2 Å². The van der Waals surface area contributed by atoms with Gasteiger partial charge in [0.1, 0.15) is 42.1 Å². The molecule has 0 aliphatic carbocycles. The first-order valence-corrected chi connectivity index (χ1v) is 13.7. The zero-order chi connectivity index (χ0) is 28.4. The summed E-state index contributed by atoms with van der Waals surface area (Å²) >= 11 is 0. The number of hydrogen-bond donors (Lipinski definition) is 3. The van der Waals surface area contributed by atoms with Crippen LogP contribution in [0.15, 0.2) is 43.0 Å². The van der Waals surface area contributed by atoms with E-state index in [9.17, 15) is 14.5 Å². The van der Waals surface area contributed by atoms with Gasteiger partial charge in [0.2, 0.25) is 0 Å². The lowest BCUT2D eigenvalue weighted by atomic mass is 9.99. The first-order chi connectivity index (χ1) is 18.4. The SMILES string of the molecule is C#C[C@]1(COP(=O)(NC(C)(C)C(=O)OC(C)C)Oc2ccccc2)O[C@@H](n2cnc3c(N)ncnc32)C[C@@H]1O. The second-order valence-corrected chi connectivity index (χ2v) is 11.5. The molecule has 0 amide bonds. The second-order valence-electron chi connectivity index (χ2n) is 9.81. The number of benzene rings is 1. The Hall–Kier alpha value is -3.53. The summed E-state index contributed by atoms with van der Waals surface area (Å²) in [5.74, 6) is 2.17. The summed E-state index contributed by atoms with van der Waals surface area (Å²) in [5.41, 5.74) is 3.43. The Morgan fingerprint density at radius 1 is 1.36 bits per heavy atom. The van der Waals surface area contributed by atoms with Gasteiger partial charge in [-0.25, -0.2) is 19.5 Å². The zero-order valence-electron chi connectivity index (χ0n) is 22.0. The van der Waals surface area contributed by atoms with Gasteiger partial charge in [-0.15, -0.1) is 6.42 Å². The molecular weight excluding hydrogens is 527 g/mol. The highest BCUT2D eigenvalue weighted by Crippen LogP contribution is 2.49. The van der Waals surface area contributed by atoms with E-state index in [1.165, 1.54) is 26.5 Å². The van der Waals surface area contributed by atoms with Crippen molar-refractivity contribution in [2.45, 2.75) is 63.7 Å². The van der Waals surface area contributed by atoms with Crippen LogP contribution in [0.3, 0.4) is 0 Å². The molecule has 1 aromatic carbocycles. The van der Waals surface area contributed by atoms with Crippen molar-refractivity contribution in [2.75, 3.05) is 12.3 Å². The number of carbonyl (C=O) groups excluding carboxylic acids is 1. The fraction of sp³-hybridized carbons (Fsp3) is 0.440.